The van der Waals surface area contributed by atoms with Crippen LogP contribution >= 0.6 is 11.6 Å². The first-order valence-corrected chi connectivity index (χ1v) is 7.78. The standard InChI is InChI=1S/C18H21ClFN/c1-3-13-7-5-6-8-16(13)18(21-4-2)12-14-11-15(19)9-10-17(14)20/h5-11,18,21H,3-4,12H2,1-2H3. The molecule has 2 rings (SSSR count). The molecule has 0 heterocycles. The second kappa shape index (κ2) is 7.58. The molecule has 0 saturated carbocycles. The summed E-state index contributed by atoms with van der Waals surface area (Å²) in [5, 5.41) is 4.03. The molecule has 0 aliphatic rings. The number of likely N-dealkylation sites (N-methyl/N-ethyl adjacent to an activating group) is 1. The fourth-order valence-electron chi connectivity index (χ4n) is 2.65. The van der Waals surface area contributed by atoms with Crippen molar-refractivity contribution in [3.05, 3.63) is 70.0 Å². The lowest BCUT2D eigenvalue weighted by Crippen LogP contribution is -2.24. The van der Waals surface area contributed by atoms with Crippen LogP contribution in [0.15, 0.2) is 42.5 Å². The quantitative estimate of drug-likeness (QED) is 0.797. The Morgan fingerprint density at radius 2 is 1.86 bits per heavy atom. The highest BCUT2D eigenvalue weighted by Gasteiger charge is 2.16. The Balaban J connectivity index is 2.33. The monoisotopic (exact) mass is 305 g/mol. The van der Waals surface area contributed by atoms with E-state index in [2.05, 4.69) is 31.3 Å². The zero-order valence-electron chi connectivity index (χ0n) is 12.5. The zero-order chi connectivity index (χ0) is 15.2. The van der Waals surface area contributed by atoms with Crippen molar-refractivity contribution < 1.29 is 4.39 Å². The smallest absolute Gasteiger partial charge is 0.126 e. The molecule has 0 saturated heterocycles. The molecule has 0 amide bonds. The molecule has 1 N–H and O–H groups in total. The van der Waals surface area contributed by atoms with Crippen LogP contribution in [0.5, 0.6) is 0 Å². The topological polar surface area (TPSA) is 12.0 Å². The Bertz CT molecular complexity index is 598. The number of nitrogens with one attached hydrogen (secondary N) is 1. The van der Waals surface area contributed by atoms with Gasteiger partial charge in [-0.05, 0) is 54.3 Å². The molecule has 2 aromatic carbocycles. The van der Waals surface area contributed by atoms with Gasteiger partial charge in [-0.25, -0.2) is 4.39 Å². The van der Waals surface area contributed by atoms with Gasteiger partial charge in [-0.2, -0.15) is 0 Å². The van der Waals surface area contributed by atoms with Crippen LogP contribution < -0.4 is 5.32 Å². The van der Waals surface area contributed by atoms with Crippen LogP contribution in [0.3, 0.4) is 0 Å². The van der Waals surface area contributed by atoms with Gasteiger partial charge < -0.3 is 5.32 Å². The van der Waals surface area contributed by atoms with Crippen molar-refractivity contribution in [1.82, 2.24) is 5.32 Å². The molecule has 0 aromatic heterocycles. The summed E-state index contributed by atoms with van der Waals surface area (Å²) in [5.41, 5.74) is 3.19. The fourth-order valence-corrected chi connectivity index (χ4v) is 2.85. The molecule has 1 unspecified atom stereocenters. The first-order chi connectivity index (χ1) is 10.2. The molecule has 0 aliphatic heterocycles. The molecule has 0 spiro atoms. The normalized spacial score (nSPS) is 12.4. The van der Waals surface area contributed by atoms with E-state index in [0.717, 1.165) is 13.0 Å². The van der Waals surface area contributed by atoms with Gasteiger partial charge in [0.05, 0.1) is 0 Å². The number of benzene rings is 2. The van der Waals surface area contributed by atoms with E-state index in [1.807, 2.05) is 12.1 Å². The van der Waals surface area contributed by atoms with Crippen molar-refractivity contribution in [3.8, 4) is 0 Å². The highest BCUT2D eigenvalue weighted by Crippen LogP contribution is 2.25. The summed E-state index contributed by atoms with van der Waals surface area (Å²) in [6.45, 7) is 5.04. The third-order valence-electron chi connectivity index (χ3n) is 3.69. The summed E-state index contributed by atoms with van der Waals surface area (Å²) in [7, 11) is 0. The molecule has 1 nitrogen and oxygen atoms in total. The van der Waals surface area contributed by atoms with Crippen LogP contribution in [0.4, 0.5) is 4.39 Å². The van der Waals surface area contributed by atoms with E-state index < -0.39 is 0 Å². The van der Waals surface area contributed by atoms with E-state index in [1.165, 1.54) is 17.2 Å². The van der Waals surface area contributed by atoms with Crippen LogP contribution in [0.1, 0.15) is 36.6 Å². The lowest BCUT2D eigenvalue weighted by atomic mass is 9.93. The maximum absolute atomic E-state index is 14.0. The minimum Gasteiger partial charge on any atom is -0.310 e. The third-order valence-corrected chi connectivity index (χ3v) is 3.93. The molecule has 112 valence electrons. The number of rotatable bonds is 6. The minimum atomic E-state index is -0.198. The predicted molar refractivity (Wildman–Crippen MR) is 87.4 cm³/mol. The lowest BCUT2D eigenvalue weighted by molar-refractivity contribution is 0.525. The van der Waals surface area contributed by atoms with Crippen LogP contribution in [0, 0.1) is 5.82 Å². The number of halogens is 2. The maximum Gasteiger partial charge on any atom is 0.126 e. The van der Waals surface area contributed by atoms with E-state index >= 15 is 0 Å². The van der Waals surface area contributed by atoms with Crippen molar-refractivity contribution in [1.29, 1.82) is 0 Å². The van der Waals surface area contributed by atoms with Crippen molar-refractivity contribution in [2.24, 2.45) is 0 Å². The highest BCUT2D eigenvalue weighted by atomic mass is 35.5. The van der Waals surface area contributed by atoms with Crippen molar-refractivity contribution >= 4 is 11.6 Å². The zero-order valence-corrected chi connectivity index (χ0v) is 13.3. The molecule has 3 heteroatoms. The van der Waals surface area contributed by atoms with Crippen molar-refractivity contribution in [2.75, 3.05) is 6.54 Å². The summed E-state index contributed by atoms with van der Waals surface area (Å²) >= 11 is 5.99. The molecule has 0 bridgehead atoms. The van der Waals surface area contributed by atoms with Crippen molar-refractivity contribution in [3.63, 3.8) is 0 Å². The van der Waals surface area contributed by atoms with Crippen molar-refractivity contribution in [2.45, 2.75) is 32.7 Å². The summed E-state index contributed by atoms with van der Waals surface area (Å²) in [6, 6.07) is 13.2. The summed E-state index contributed by atoms with van der Waals surface area (Å²) in [6.07, 6.45) is 1.56. The fraction of sp³-hybridized carbons (Fsp3) is 0.333. The Hall–Kier alpha value is -1.38. The second-order valence-corrected chi connectivity index (χ2v) is 5.54. The molecule has 0 fully saturated rings. The molecule has 2 aromatic rings. The van der Waals surface area contributed by atoms with Gasteiger partial charge in [0.2, 0.25) is 0 Å². The highest BCUT2D eigenvalue weighted by molar-refractivity contribution is 6.30. The average molecular weight is 306 g/mol. The largest absolute Gasteiger partial charge is 0.310 e. The van der Waals surface area contributed by atoms with Gasteiger partial charge in [-0.3, -0.25) is 0 Å². The number of aryl methyl sites for hydroxylation is 1. The van der Waals surface area contributed by atoms with Gasteiger partial charge in [0.1, 0.15) is 5.82 Å². The van der Waals surface area contributed by atoms with Crippen LogP contribution in [0.2, 0.25) is 5.02 Å². The minimum absolute atomic E-state index is 0.0964. The van der Waals surface area contributed by atoms with Gasteiger partial charge in [-0.1, -0.05) is 49.7 Å². The third kappa shape index (κ3) is 4.05. The van der Waals surface area contributed by atoms with Gasteiger partial charge in [0.15, 0.2) is 0 Å². The summed E-state index contributed by atoms with van der Waals surface area (Å²) in [5.74, 6) is -0.198. The lowest BCUT2D eigenvalue weighted by Gasteiger charge is -2.21. The second-order valence-electron chi connectivity index (χ2n) is 5.10. The Kier molecular flexibility index (Phi) is 5.77. The van der Waals surface area contributed by atoms with Gasteiger partial charge in [0.25, 0.3) is 0 Å². The number of hydrogen-bond donors (Lipinski definition) is 1. The van der Waals surface area contributed by atoms with Crippen LogP contribution in [-0.2, 0) is 12.8 Å². The van der Waals surface area contributed by atoms with Crippen LogP contribution in [0.25, 0.3) is 0 Å². The molecule has 21 heavy (non-hydrogen) atoms. The molecule has 0 radical (unpaired) electrons. The molecular weight excluding hydrogens is 285 g/mol. The Morgan fingerprint density at radius 1 is 1.10 bits per heavy atom. The van der Waals surface area contributed by atoms with Gasteiger partial charge in [-0.15, -0.1) is 0 Å². The molecule has 0 aliphatic carbocycles. The molecule has 1 atom stereocenters. The first-order valence-electron chi connectivity index (χ1n) is 7.40. The van der Waals surface area contributed by atoms with E-state index in [0.29, 0.717) is 17.0 Å². The van der Waals surface area contributed by atoms with Gasteiger partial charge in [0, 0.05) is 11.1 Å². The predicted octanol–water partition coefficient (Wildman–Crippen LogP) is 4.93. The summed E-state index contributed by atoms with van der Waals surface area (Å²) < 4.78 is 14.0. The Morgan fingerprint density at radius 3 is 2.57 bits per heavy atom. The summed E-state index contributed by atoms with van der Waals surface area (Å²) in [4.78, 5) is 0. The van der Waals surface area contributed by atoms with E-state index in [4.69, 9.17) is 11.6 Å². The SMILES string of the molecule is CCNC(Cc1cc(Cl)ccc1F)c1ccccc1CC. The van der Waals surface area contributed by atoms with Gasteiger partial charge >= 0.3 is 0 Å². The van der Waals surface area contributed by atoms with E-state index in [1.54, 1.807) is 12.1 Å². The van der Waals surface area contributed by atoms with E-state index in [-0.39, 0.29) is 11.9 Å². The van der Waals surface area contributed by atoms with E-state index in [9.17, 15) is 4.39 Å². The molecular formula is C18H21ClFN. The number of hydrogen-bond acceptors (Lipinski definition) is 1. The average Bonchev–Trinajstić information content (AvgIpc) is 2.50. The maximum atomic E-state index is 14.0. The Labute approximate surface area is 131 Å². The first kappa shape index (κ1) is 16.0. The van der Waals surface area contributed by atoms with Crippen LogP contribution in [-0.4, -0.2) is 6.54 Å².